The zero-order valence-corrected chi connectivity index (χ0v) is 14.2. The lowest BCUT2D eigenvalue weighted by molar-refractivity contribution is -0.124. The van der Waals surface area contributed by atoms with Gasteiger partial charge in [0.1, 0.15) is 11.9 Å². The van der Waals surface area contributed by atoms with Crippen molar-refractivity contribution >= 4 is 28.8 Å². The number of thiophene rings is 1. The quantitative estimate of drug-likeness (QED) is 0.850. The molecule has 1 heterocycles. The van der Waals surface area contributed by atoms with E-state index in [1.807, 2.05) is 12.1 Å². The lowest BCUT2D eigenvalue weighted by Gasteiger charge is -2.19. The molecule has 1 aliphatic carbocycles. The van der Waals surface area contributed by atoms with Crippen molar-refractivity contribution in [3.8, 4) is 0 Å². The second-order valence-electron chi connectivity index (χ2n) is 5.67. The van der Waals surface area contributed by atoms with E-state index in [4.69, 9.17) is 16.3 Å². The molecule has 0 saturated heterocycles. The third-order valence-electron chi connectivity index (χ3n) is 4.23. The average Bonchev–Trinajstić information content (AvgIpc) is 3.25. The van der Waals surface area contributed by atoms with Crippen LogP contribution in [-0.4, -0.2) is 19.6 Å². The summed E-state index contributed by atoms with van der Waals surface area (Å²) in [5.74, 6) is -0.326. The smallest absolute Gasteiger partial charge is 0.230 e. The van der Waals surface area contributed by atoms with Gasteiger partial charge in [-0.25, -0.2) is 4.39 Å². The average molecular weight is 354 g/mol. The number of carbonyl (C=O) groups excluding carboxylic acids is 1. The highest BCUT2D eigenvalue weighted by atomic mass is 35.5. The molecule has 122 valence electrons. The molecular formula is C17H17ClFNO2S. The van der Waals surface area contributed by atoms with Crippen molar-refractivity contribution < 1.29 is 13.9 Å². The number of ether oxygens (including phenoxy) is 1. The molecule has 1 saturated carbocycles. The minimum Gasteiger partial charge on any atom is -0.374 e. The summed E-state index contributed by atoms with van der Waals surface area (Å²) in [5.41, 5.74) is 0.351. The number of rotatable bonds is 6. The van der Waals surface area contributed by atoms with Gasteiger partial charge >= 0.3 is 0 Å². The molecule has 1 aliphatic rings. The second-order valence-corrected chi connectivity index (χ2v) is 7.41. The van der Waals surface area contributed by atoms with E-state index in [0.717, 1.165) is 23.3 Å². The largest absolute Gasteiger partial charge is 0.374 e. The summed E-state index contributed by atoms with van der Waals surface area (Å²) >= 11 is 7.39. The van der Waals surface area contributed by atoms with Gasteiger partial charge in [0.2, 0.25) is 5.91 Å². The lowest BCUT2D eigenvalue weighted by Crippen LogP contribution is -2.37. The van der Waals surface area contributed by atoms with Crippen LogP contribution in [0.5, 0.6) is 0 Å². The highest BCUT2D eigenvalue weighted by molar-refractivity contribution is 7.16. The number of halogens is 2. The van der Waals surface area contributed by atoms with E-state index >= 15 is 0 Å². The van der Waals surface area contributed by atoms with E-state index in [1.54, 1.807) is 19.2 Å². The monoisotopic (exact) mass is 353 g/mol. The number of nitrogens with one attached hydrogen (secondary N) is 1. The Morgan fingerprint density at radius 3 is 2.57 bits per heavy atom. The van der Waals surface area contributed by atoms with E-state index in [0.29, 0.717) is 10.9 Å². The highest BCUT2D eigenvalue weighted by Crippen LogP contribution is 2.48. The Hall–Kier alpha value is -1.43. The maximum absolute atomic E-state index is 13.1. The van der Waals surface area contributed by atoms with Crippen LogP contribution in [0.3, 0.4) is 0 Å². The molecule has 6 heteroatoms. The van der Waals surface area contributed by atoms with Crippen molar-refractivity contribution in [3.63, 3.8) is 0 Å². The fourth-order valence-corrected chi connectivity index (χ4v) is 3.84. The summed E-state index contributed by atoms with van der Waals surface area (Å²) in [5, 5.41) is 2.96. The minimum atomic E-state index is -0.515. The standard InChI is InChI=1S/C17H17ClFNO2S/c1-22-13(14-6-7-15(18)23-14)10-20-16(21)17(8-9-17)11-2-4-12(19)5-3-11/h2-7,13H,8-10H2,1H3,(H,20,21)/t13-/m0/s1. The normalized spacial score (nSPS) is 16.8. The van der Waals surface area contributed by atoms with Crippen LogP contribution in [0.2, 0.25) is 4.34 Å². The molecule has 0 spiro atoms. The van der Waals surface area contributed by atoms with Crippen molar-refractivity contribution in [2.24, 2.45) is 0 Å². The molecule has 3 rings (SSSR count). The first kappa shape index (κ1) is 16.4. The summed E-state index contributed by atoms with van der Waals surface area (Å²) < 4.78 is 19.2. The first-order valence-corrected chi connectivity index (χ1v) is 8.57. The zero-order valence-electron chi connectivity index (χ0n) is 12.6. The Morgan fingerprint density at radius 1 is 1.35 bits per heavy atom. The molecule has 0 aliphatic heterocycles. The van der Waals surface area contributed by atoms with Gasteiger partial charge in [-0.15, -0.1) is 11.3 Å². The molecule has 1 atom stereocenters. The Kier molecular flexibility index (Phi) is 4.71. The molecule has 1 aromatic heterocycles. The number of benzene rings is 1. The van der Waals surface area contributed by atoms with Gasteiger partial charge in [0.05, 0.1) is 9.75 Å². The van der Waals surface area contributed by atoms with Crippen LogP contribution in [-0.2, 0) is 14.9 Å². The minimum absolute atomic E-state index is 0.0335. The summed E-state index contributed by atoms with van der Waals surface area (Å²) in [6, 6.07) is 9.89. The van der Waals surface area contributed by atoms with E-state index < -0.39 is 5.41 Å². The van der Waals surface area contributed by atoms with Crippen LogP contribution in [0.15, 0.2) is 36.4 Å². The Morgan fingerprint density at radius 2 is 2.04 bits per heavy atom. The summed E-state index contributed by atoms with van der Waals surface area (Å²) in [6.07, 6.45) is 1.35. The number of amides is 1. The lowest BCUT2D eigenvalue weighted by atomic mass is 9.95. The summed E-state index contributed by atoms with van der Waals surface area (Å²) in [6.45, 7) is 0.384. The van der Waals surface area contributed by atoms with Gasteiger partial charge in [-0.05, 0) is 42.7 Å². The summed E-state index contributed by atoms with van der Waals surface area (Å²) in [4.78, 5) is 13.6. The predicted octanol–water partition coefficient (Wildman–Crippen LogP) is 4.08. The third kappa shape index (κ3) is 3.42. The maximum Gasteiger partial charge on any atom is 0.230 e. The van der Waals surface area contributed by atoms with Gasteiger partial charge in [-0.2, -0.15) is 0 Å². The van der Waals surface area contributed by atoms with Crippen LogP contribution in [0.25, 0.3) is 0 Å². The van der Waals surface area contributed by atoms with E-state index in [2.05, 4.69) is 5.32 Å². The molecule has 1 N–H and O–H groups in total. The fraction of sp³-hybridized carbons (Fsp3) is 0.353. The van der Waals surface area contributed by atoms with Crippen LogP contribution >= 0.6 is 22.9 Å². The van der Waals surface area contributed by atoms with Gasteiger partial charge in [0.25, 0.3) is 0 Å². The van der Waals surface area contributed by atoms with Crippen molar-refractivity contribution in [3.05, 3.63) is 57.0 Å². The van der Waals surface area contributed by atoms with E-state index in [-0.39, 0.29) is 17.8 Å². The molecule has 1 aromatic carbocycles. The molecular weight excluding hydrogens is 337 g/mol. The molecule has 0 bridgehead atoms. The van der Waals surface area contributed by atoms with Crippen LogP contribution in [0, 0.1) is 5.82 Å². The maximum atomic E-state index is 13.1. The Labute approximate surface area is 143 Å². The number of hydrogen-bond donors (Lipinski definition) is 1. The van der Waals surface area contributed by atoms with Crippen molar-refractivity contribution in [1.29, 1.82) is 0 Å². The van der Waals surface area contributed by atoms with Crippen LogP contribution in [0.1, 0.15) is 29.4 Å². The van der Waals surface area contributed by atoms with Crippen LogP contribution < -0.4 is 5.32 Å². The van der Waals surface area contributed by atoms with Gasteiger partial charge in [0.15, 0.2) is 0 Å². The molecule has 2 aromatic rings. The van der Waals surface area contributed by atoms with Crippen molar-refractivity contribution in [2.75, 3.05) is 13.7 Å². The van der Waals surface area contributed by atoms with Crippen molar-refractivity contribution in [2.45, 2.75) is 24.4 Å². The zero-order chi connectivity index (χ0) is 16.4. The van der Waals surface area contributed by atoms with Crippen molar-refractivity contribution in [1.82, 2.24) is 5.32 Å². The van der Waals surface area contributed by atoms with Gasteiger partial charge in [-0.3, -0.25) is 4.79 Å². The summed E-state index contributed by atoms with van der Waals surface area (Å²) in [7, 11) is 1.61. The van der Waals surface area contributed by atoms with Gasteiger partial charge in [0, 0.05) is 18.5 Å². The van der Waals surface area contributed by atoms with Crippen LogP contribution in [0.4, 0.5) is 4.39 Å². The number of hydrogen-bond acceptors (Lipinski definition) is 3. The number of methoxy groups -OCH3 is 1. The van der Waals surface area contributed by atoms with Gasteiger partial charge < -0.3 is 10.1 Å². The first-order chi connectivity index (χ1) is 11.0. The topological polar surface area (TPSA) is 38.3 Å². The predicted molar refractivity (Wildman–Crippen MR) is 89.4 cm³/mol. The van der Waals surface area contributed by atoms with E-state index in [9.17, 15) is 9.18 Å². The van der Waals surface area contributed by atoms with E-state index in [1.165, 1.54) is 23.5 Å². The fourth-order valence-electron chi connectivity index (χ4n) is 2.70. The van der Waals surface area contributed by atoms with Gasteiger partial charge in [-0.1, -0.05) is 23.7 Å². The molecule has 1 fully saturated rings. The second kappa shape index (κ2) is 6.59. The first-order valence-electron chi connectivity index (χ1n) is 7.37. The molecule has 0 radical (unpaired) electrons. The molecule has 3 nitrogen and oxygen atoms in total. The number of carbonyl (C=O) groups is 1. The Balaban J connectivity index is 1.66. The third-order valence-corrected chi connectivity index (χ3v) is 5.55. The Bertz CT molecular complexity index is 697. The highest BCUT2D eigenvalue weighted by Gasteiger charge is 2.51. The molecule has 0 unspecified atom stereocenters. The molecule has 1 amide bonds. The molecule has 23 heavy (non-hydrogen) atoms. The SMILES string of the molecule is CO[C@@H](CNC(=O)C1(c2ccc(F)cc2)CC1)c1ccc(Cl)s1.